The number of carbonyl (C=O) groups is 1. The largest absolute Gasteiger partial charge is 0.489 e. The average Bonchev–Trinajstić information content (AvgIpc) is 2.92. The fourth-order valence-corrected chi connectivity index (χ4v) is 5.81. The fraction of sp³-hybridized carbons (Fsp3) is 0.250. The average molecular weight is 584 g/mol. The number of hydrogen-bond acceptors (Lipinski definition) is 7. The number of halogens is 1. The zero-order valence-electron chi connectivity index (χ0n) is 21.6. The Morgan fingerprint density at radius 3 is 2.60 bits per heavy atom. The molecular formula is C28H30ClN5O5S. The molecule has 1 fully saturated rings. The van der Waals surface area contributed by atoms with Crippen molar-refractivity contribution in [2.75, 3.05) is 34.6 Å². The SMILES string of the molecule is N=C(N)c1cccc(C=CCN(c2ccc(OC3CCN(c4ccccn4)CC3)c(Cl)c2)S(=O)(=O)CC(=O)O)c1. The first-order chi connectivity index (χ1) is 19.1. The van der Waals surface area contributed by atoms with Gasteiger partial charge in [0.25, 0.3) is 0 Å². The van der Waals surface area contributed by atoms with E-state index in [0.717, 1.165) is 36.1 Å². The number of piperidine rings is 1. The van der Waals surface area contributed by atoms with Crippen LogP contribution in [-0.4, -0.2) is 61.8 Å². The number of anilines is 2. The minimum atomic E-state index is -4.22. The van der Waals surface area contributed by atoms with Crippen LogP contribution in [-0.2, 0) is 14.8 Å². The number of aromatic nitrogens is 1. The maximum atomic E-state index is 13.0. The number of nitrogens with one attached hydrogen (secondary N) is 1. The van der Waals surface area contributed by atoms with Crippen LogP contribution in [0.25, 0.3) is 6.08 Å². The molecule has 1 aliphatic rings. The lowest BCUT2D eigenvalue weighted by atomic mass is 10.1. The maximum absolute atomic E-state index is 13.0. The first kappa shape index (κ1) is 28.9. The molecule has 1 aromatic heterocycles. The number of hydrogen-bond donors (Lipinski definition) is 3. The van der Waals surface area contributed by atoms with Crippen molar-refractivity contribution in [2.45, 2.75) is 18.9 Å². The van der Waals surface area contributed by atoms with Gasteiger partial charge in [0.1, 0.15) is 23.5 Å². The molecule has 12 heteroatoms. The van der Waals surface area contributed by atoms with Crippen LogP contribution in [0.15, 0.2) is 72.9 Å². The summed E-state index contributed by atoms with van der Waals surface area (Å²) >= 11 is 6.52. The summed E-state index contributed by atoms with van der Waals surface area (Å²) in [5, 5.41) is 17.0. The number of amidine groups is 1. The van der Waals surface area contributed by atoms with Gasteiger partial charge in [0, 0.05) is 37.7 Å². The van der Waals surface area contributed by atoms with E-state index in [1.807, 2.05) is 18.2 Å². The summed E-state index contributed by atoms with van der Waals surface area (Å²) in [5.74, 6) is -1.28. The van der Waals surface area contributed by atoms with Crippen LogP contribution in [0.4, 0.5) is 11.5 Å². The Morgan fingerprint density at radius 1 is 1.18 bits per heavy atom. The molecule has 0 aliphatic carbocycles. The number of nitrogens with zero attached hydrogens (tertiary/aromatic N) is 3. The van der Waals surface area contributed by atoms with Gasteiger partial charge in [-0.15, -0.1) is 0 Å². The van der Waals surface area contributed by atoms with Crippen molar-refractivity contribution in [1.82, 2.24) is 4.98 Å². The Labute approximate surface area is 238 Å². The lowest BCUT2D eigenvalue weighted by Crippen LogP contribution is -2.38. The Bertz CT molecular complexity index is 1490. The van der Waals surface area contributed by atoms with E-state index in [9.17, 15) is 18.3 Å². The standard InChI is InChI=1S/C28H30ClN5O5S/c29-24-18-22(9-10-25(24)39-23-11-15-33(16-12-23)26-8-1-2-13-32-26)34(40(37,38)19-27(35)36)14-4-6-20-5-3-7-21(17-20)28(30)31/h1-10,13,17-18,23H,11-12,14-16,19H2,(H3,30,31)(H,35,36). The highest BCUT2D eigenvalue weighted by molar-refractivity contribution is 7.93. The number of nitrogens with two attached hydrogens (primary N) is 1. The molecule has 0 saturated carbocycles. The van der Waals surface area contributed by atoms with E-state index in [0.29, 0.717) is 16.9 Å². The molecule has 4 rings (SSSR count). The van der Waals surface area contributed by atoms with Crippen molar-refractivity contribution in [3.05, 3.63) is 89.1 Å². The number of rotatable bonds is 11. The molecule has 1 aliphatic heterocycles. The van der Waals surface area contributed by atoms with Crippen molar-refractivity contribution < 1.29 is 23.1 Å². The second-order valence-electron chi connectivity index (χ2n) is 9.23. The maximum Gasteiger partial charge on any atom is 0.320 e. The van der Waals surface area contributed by atoms with Gasteiger partial charge in [0.2, 0.25) is 10.0 Å². The Hall–Kier alpha value is -4.09. The molecule has 2 aromatic carbocycles. The molecule has 2 heterocycles. The van der Waals surface area contributed by atoms with Gasteiger partial charge in [-0.2, -0.15) is 0 Å². The lowest BCUT2D eigenvalue weighted by Gasteiger charge is -2.33. The van der Waals surface area contributed by atoms with Gasteiger partial charge in [-0.3, -0.25) is 14.5 Å². The van der Waals surface area contributed by atoms with Crippen molar-refractivity contribution in [1.29, 1.82) is 5.41 Å². The number of nitrogen functional groups attached to an aromatic ring is 1. The Kier molecular flexibility index (Phi) is 9.28. The van der Waals surface area contributed by atoms with Crippen molar-refractivity contribution in [2.24, 2.45) is 5.73 Å². The number of carboxylic acids is 1. The van der Waals surface area contributed by atoms with E-state index < -0.39 is 21.7 Å². The third-order valence-corrected chi connectivity index (χ3v) is 8.27. The first-order valence-electron chi connectivity index (χ1n) is 12.6. The van der Waals surface area contributed by atoms with Crippen LogP contribution in [0.5, 0.6) is 5.75 Å². The third-order valence-electron chi connectivity index (χ3n) is 6.33. The van der Waals surface area contributed by atoms with Gasteiger partial charge < -0.3 is 20.5 Å². The summed E-state index contributed by atoms with van der Waals surface area (Å²) in [4.78, 5) is 17.9. The van der Waals surface area contributed by atoms with Crippen molar-refractivity contribution >= 4 is 51.0 Å². The van der Waals surface area contributed by atoms with E-state index in [1.54, 1.807) is 54.7 Å². The molecule has 40 heavy (non-hydrogen) atoms. The molecule has 0 atom stereocenters. The zero-order valence-corrected chi connectivity index (χ0v) is 23.2. The summed E-state index contributed by atoms with van der Waals surface area (Å²) in [6.45, 7) is 1.42. The number of ether oxygens (including phenoxy) is 1. The molecule has 1 saturated heterocycles. The van der Waals surface area contributed by atoms with Crippen LogP contribution in [0, 0.1) is 5.41 Å². The smallest absolute Gasteiger partial charge is 0.320 e. The molecule has 0 radical (unpaired) electrons. The molecular weight excluding hydrogens is 554 g/mol. The number of aliphatic carboxylic acids is 1. The van der Waals surface area contributed by atoms with Crippen molar-refractivity contribution in [3.8, 4) is 5.75 Å². The highest BCUT2D eigenvalue weighted by Crippen LogP contribution is 2.33. The minimum Gasteiger partial charge on any atom is -0.489 e. The van der Waals surface area contributed by atoms with Crippen LogP contribution in [0.3, 0.4) is 0 Å². The van der Waals surface area contributed by atoms with E-state index >= 15 is 0 Å². The lowest BCUT2D eigenvalue weighted by molar-refractivity contribution is -0.134. The highest BCUT2D eigenvalue weighted by Gasteiger charge is 2.26. The van der Waals surface area contributed by atoms with E-state index in [4.69, 9.17) is 27.5 Å². The Morgan fingerprint density at radius 2 is 1.95 bits per heavy atom. The minimum absolute atomic E-state index is 0.0659. The highest BCUT2D eigenvalue weighted by atomic mass is 35.5. The third kappa shape index (κ3) is 7.51. The second-order valence-corrected chi connectivity index (χ2v) is 11.5. The van der Waals surface area contributed by atoms with Gasteiger partial charge in [0.05, 0.1) is 17.3 Å². The molecule has 0 amide bonds. The second kappa shape index (κ2) is 12.8. The summed E-state index contributed by atoms with van der Waals surface area (Å²) in [5.41, 5.74) is 6.99. The topological polar surface area (TPSA) is 150 Å². The van der Waals surface area contributed by atoms with E-state index in [-0.39, 0.29) is 29.2 Å². The van der Waals surface area contributed by atoms with E-state index in [1.165, 1.54) is 6.07 Å². The molecule has 0 unspecified atom stereocenters. The van der Waals surface area contributed by atoms with Gasteiger partial charge in [-0.05, 0) is 42.0 Å². The molecule has 3 aromatic rings. The van der Waals surface area contributed by atoms with Gasteiger partial charge >= 0.3 is 5.97 Å². The summed E-state index contributed by atoms with van der Waals surface area (Å²) in [6, 6.07) is 17.3. The molecule has 210 valence electrons. The quantitative estimate of drug-likeness (QED) is 0.226. The zero-order chi connectivity index (χ0) is 28.7. The molecule has 10 nitrogen and oxygen atoms in total. The summed E-state index contributed by atoms with van der Waals surface area (Å²) in [7, 11) is -4.22. The number of carboxylic acid groups (broad SMARTS) is 1. The van der Waals surface area contributed by atoms with Crippen LogP contribution >= 0.6 is 11.6 Å². The van der Waals surface area contributed by atoms with Crippen LogP contribution < -0.4 is 19.7 Å². The normalized spacial score (nSPS) is 14.3. The Balaban J connectivity index is 1.48. The summed E-state index contributed by atoms with van der Waals surface area (Å²) < 4.78 is 33.1. The number of benzene rings is 2. The van der Waals surface area contributed by atoms with Gasteiger partial charge in [-0.25, -0.2) is 13.4 Å². The van der Waals surface area contributed by atoms with Crippen LogP contribution in [0.2, 0.25) is 5.02 Å². The number of pyridine rings is 1. The van der Waals surface area contributed by atoms with Crippen molar-refractivity contribution in [3.63, 3.8) is 0 Å². The predicted octanol–water partition coefficient (Wildman–Crippen LogP) is 4.00. The van der Waals surface area contributed by atoms with Gasteiger partial charge in [-0.1, -0.05) is 48.0 Å². The van der Waals surface area contributed by atoms with Gasteiger partial charge in [0.15, 0.2) is 5.75 Å². The first-order valence-corrected chi connectivity index (χ1v) is 14.6. The molecule has 4 N–H and O–H groups in total. The fourth-order valence-electron chi connectivity index (χ4n) is 4.37. The monoisotopic (exact) mass is 583 g/mol. The molecule has 0 bridgehead atoms. The van der Waals surface area contributed by atoms with E-state index in [2.05, 4.69) is 9.88 Å². The van der Waals surface area contributed by atoms with Crippen LogP contribution in [0.1, 0.15) is 24.0 Å². The summed E-state index contributed by atoms with van der Waals surface area (Å²) in [6.07, 6.45) is 6.50. The predicted molar refractivity (Wildman–Crippen MR) is 157 cm³/mol. The molecule has 0 spiro atoms. The number of sulfonamides is 1.